The summed E-state index contributed by atoms with van der Waals surface area (Å²) in [6, 6.07) is 16.1. The van der Waals surface area contributed by atoms with Gasteiger partial charge in [0, 0.05) is 62.9 Å². The van der Waals surface area contributed by atoms with Crippen molar-refractivity contribution in [2.45, 2.75) is 26.2 Å². The van der Waals surface area contributed by atoms with Crippen LogP contribution in [0.3, 0.4) is 0 Å². The quantitative estimate of drug-likeness (QED) is 0.633. The zero-order valence-corrected chi connectivity index (χ0v) is 18.1. The standard InChI is InChI=1S/C25H30N4O2/c1-20-10-13-27-23(19-20)7-4-21-5-8-24(9-6-21)31-25(30)29-17-15-28(16-18-29)14-11-22-3-2-12-26-22/h2-3,5-6,8-10,12-13,19,26H,4,7,11,14-18H2,1H3. The number of hydrogen-bond acceptors (Lipinski definition) is 4. The Kier molecular flexibility index (Phi) is 6.99. The van der Waals surface area contributed by atoms with Gasteiger partial charge in [-0.3, -0.25) is 9.88 Å². The van der Waals surface area contributed by atoms with Gasteiger partial charge in [0.25, 0.3) is 0 Å². The van der Waals surface area contributed by atoms with E-state index in [1.54, 1.807) is 4.90 Å². The predicted octanol–water partition coefficient (Wildman–Crippen LogP) is 3.86. The monoisotopic (exact) mass is 418 g/mol. The number of H-pyrrole nitrogens is 1. The Bertz CT molecular complexity index is 961. The first-order chi connectivity index (χ1) is 15.2. The molecule has 0 atom stereocenters. The molecule has 1 aliphatic rings. The molecule has 0 radical (unpaired) electrons. The molecule has 1 saturated heterocycles. The fourth-order valence-electron chi connectivity index (χ4n) is 3.85. The molecule has 0 saturated carbocycles. The number of hydrogen-bond donors (Lipinski definition) is 1. The molecule has 1 aromatic carbocycles. The number of pyridine rings is 1. The van der Waals surface area contributed by atoms with Gasteiger partial charge in [0.05, 0.1) is 0 Å². The molecule has 0 unspecified atom stereocenters. The van der Waals surface area contributed by atoms with Crippen molar-refractivity contribution in [1.82, 2.24) is 19.8 Å². The second-order valence-electron chi connectivity index (χ2n) is 8.11. The molecule has 0 aliphatic carbocycles. The van der Waals surface area contributed by atoms with Crippen LogP contribution in [-0.2, 0) is 19.3 Å². The highest BCUT2D eigenvalue weighted by Crippen LogP contribution is 2.16. The van der Waals surface area contributed by atoms with Crippen LogP contribution < -0.4 is 4.74 Å². The van der Waals surface area contributed by atoms with Crippen molar-refractivity contribution in [3.05, 3.63) is 83.4 Å². The number of aromatic nitrogens is 2. The zero-order valence-electron chi connectivity index (χ0n) is 18.1. The van der Waals surface area contributed by atoms with E-state index in [9.17, 15) is 4.79 Å². The average molecular weight is 419 g/mol. The van der Waals surface area contributed by atoms with Gasteiger partial charge >= 0.3 is 6.09 Å². The minimum absolute atomic E-state index is 0.263. The van der Waals surface area contributed by atoms with Gasteiger partial charge < -0.3 is 14.6 Å². The number of piperazine rings is 1. The Hall–Kier alpha value is -3.12. The largest absolute Gasteiger partial charge is 0.415 e. The molecule has 3 aromatic rings. The van der Waals surface area contributed by atoms with Gasteiger partial charge in [-0.2, -0.15) is 0 Å². The number of benzene rings is 1. The van der Waals surface area contributed by atoms with Crippen molar-refractivity contribution in [1.29, 1.82) is 0 Å². The van der Waals surface area contributed by atoms with Crippen LogP contribution in [0.15, 0.2) is 60.9 Å². The molecule has 1 aliphatic heterocycles. The lowest BCUT2D eigenvalue weighted by Gasteiger charge is -2.33. The topological polar surface area (TPSA) is 61.5 Å². The van der Waals surface area contributed by atoms with E-state index in [1.807, 2.05) is 48.8 Å². The van der Waals surface area contributed by atoms with Crippen molar-refractivity contribution in [2.24, 2.45) is 0 Å². The maximum atomic E-state index is 12.5. The second-order valence-corrected chi connectivity index (χ2v) is 8.11. The highest BCUT2D eigenvalue weighted by Gasteiger charge is 2.22. The minimum Gasteiger partial charge on any atom is -0.410 e. The average Bonchev–Trinajstić information content (AvgIpc) is 3.31. The first-order valence-electron chi connectivity index (χ1n) is 11.0. The lowest BCUT2D eigenvalue weighted by Crippen LogP contribution is -2.49. The predicted molar refractivity (Wildman–Crippen MR) is 121 cm³/mol. The summed E-state index contributed by atoms with van der Waals surface area (Å²) in [5, 5.41) is 0. The lowest BCUT2D eigenvalue weighted by atomic mass is 10.1. The van der Waals surface area contributed by atoms with Crippen LogP contribution in [0, 0.1) is 6.92 Å². The Balaban J connectivity index is 1.20. The SMILES string of the molecule is Cc1ccnc(CCc2ccc(OC(=O)N3CCN(CCc4ccc[nH]4)CC3)cc2)c1. The Morgan fingerprint density at radius 1 is 1.03 bits per heavy atom. The van der Waals surface area contributed by atoms with Crippen LogP contribution in [0.25, 0.3) is 0 Å². The number of aromatic amines is 1. The first-order valence-corrected chi connectivity index (χ1v) is 11.0. The summed E-state index contributed by atoms with van der Waals surface area (Å²) in [7, 11) is 0. The molecule has 6 nitrogen and oxygen atoms in total. The Morgan fingerprint density at radius 3 is 2.55 bits per heavy atom. The number of amides is 1. The molecule has 1 fully saturated rings. The Labute approximate surface area is 183 Å². The van der Waals surface area contributed by atoms with Gasteiger partial charge in [0.15, 0.2) is 0 Å². The van der Waals surface area contributed by atoms with Gasteiger partial charge in [-0.05, 0) is 67.3 Å². The lowest BCUT2D eigenvalue weighted by molar-refractivity contribution is 0.111. The Morgan fingerprint density at radius 2 is 1.84 bits per heavy atom. The second kappa shape index (κ2) is 10.3. The molecule has 1 N–H and O–H groups in total. The maximum absolute atomic E-state index is 12.5. The smallest absolute Gasteiger partial charge is 0.410 e. The van der Waals surface area contributed by atoms with Crippen molar-refractivity contribution >= 4 is 6.09 Å². The summed E-state index contributed by atoms with van der Waals surface area (Å²) in [6.45, 7) is 6.24. The van der Waals surface area contributed by atoms with Crippen LogP contribution in [0.1, 0.15) is 22.5 Å². The number of carbonyl (C=O) groups excluding carboxylic acids is 1. The van der Waals surface area contributed by atoms with E-state index in [0.29, 0.717) is 18.8 Å². The number of carbonyl (C=O) groups is 1. The van der Waals surface area contributed by atoms with Gasteiger partial charge in [0.1, 0.15) is 5.75 Å². The van der Waals surface area contributed by atoms with E-state index in [2.05, 4.69) is 33.9 Å². The molecule has 31 heavy (non-hydrogen) atoms. The first kappa shape index (κ1) is 21.1. The van der Waals surface area contributed by atoms with Crippen molar-refractivity contribution in [2.75, 3.05) is 32.7 Å². The summed E-state index contributed by atoms with van der Waals surface area (Å²) in [5.74, 6) is 0.594. The number of nitrogens with zero attached hydrogens (tertiary/aromatic N) is 3. The summed E-state index contributed by atoms with van der Waals surface area (Å²) in [6.07, 6.45) is 6.36. The molecule has 6 heteroatoms. The van der Waals surface area contributed by atoms with Crippen molar-refractivity contribution in [3.8, 4) is 5.75 Å². The van der Waals surface area contributed by atoms with E-state index in [-0.39, 0.29) is 6.09 Å². The summed E-state index contributed by atoms with van der Waals surface area (Å²) >= 11 is 0. The molecule has 162 valence electrons. The molecule has 0 spiro atoms. The van der Waals surface area contributed by atoms with Crippen LogP contribution in [0.5, 0.6) is 5.75 Å². The number of aryl methyl sites for hydroxylation is 3. The van der Waals surface area contributed by atoms with Gasteiger partial charge in [-0.1, -0.05) is 12.1 Å². The fraction of sp³-hybridized carbons (Fsp3) is 0.360. The van der Waals surface area contributed by atoms with E-state index in [0.717, 1.165) is 44.6 Å². The third-order valence-corrected chi connectivity index (χ3v) is 5.76. The molecule has 2 aromatic heterocycles. The molecular formula is C25H30N4O2. The van der Waals surface area contributed by atoms with Gasteiger partial charge in [0.2, 0.25) is 0 Å². The van der Waals surface area contributed by atoms with Crippen LogP contribution >= 0.6 is 0 Å². The van der Waals surface area contributed by atoms with E-state index in [4.69, 9.17) is 4.74 Å². The minimum atomic E-state index is -0.263. The number of ether oxygens (including phenoxy) is 1. The van der Waals surface area contributed by atoms with E-state index in [1.165, 1.54) is 16.8 Å². The normalized spacial score (nSPS) is 14.5. The zero-order chi connectivity index (χ0) is 21.5. The van der Waals surface area contributed by atoms with Crippen LogP contribution in [-0.4, -0.2) is 58.6 Å². The molecular weight excluding hydrogens is 388 g/mol. The van der Waals surface area contributed by atoms with E-state index >= 15 is 0 Å². The summed E-state index contributed by atoms with van der Waals surface area (Å²) in [4.78, 5) is 24.4. The van der Waals surface area contributed by atoms with E-state index < -0.39 is 0 Å². The molecule has 3 heterocycles. The molecule has 4 rings (SSSR count). The van der Waals surface area contributed by atoms with Crippen molar-refractivity contribution in [3.63, 3.8) is 0 Å². The van der Waals surface area contributed by atoms with Crippen LogP contribution in [0.2, 0.25) is 0 Å². The number of nitrogens with one attached hydrogen (secondary N) is 1. The van der Waals surface area contributed by atoms with Gasteiger partial charge in [-0.15, -0.1) is 0 Å². The summed E-state index contributed by atoms with van der Waals surface area (Å²) < 4.78 is 5.59. The van der Waals surface area contributed by atoms with Gasteiger partial charge in [-0.25, -0.2) is 4.79 Å². The van der Waals surface area contributed by atoms with Crippen LogP contribution in [0.4, 0.5) is 4.79 Å². The highest BCUT2D eigenvalue weighted by molar-refractivity contribution is 5.70. The third kappa shape index (κ3) is 6.18. The molecule has 1 amide bonds. The number of rotatable bonds is 7. The fourth-order valence-corrected chi connectivity index (χ4v) is 3.85. The summed E-state index contributed by atoms with van der Waals surface area (Å²) in [5.41, 5.74) is 4.79. The van der Waals surface area contributed by atoms with Crippen molar-refractivity contribution < 1.29 is 9.53 Å². The highest BCUT2D eigenvalue weighted by atomic mass is 16.6. The maximum Gasteiger partial charge on any atom is 0.415 e. The molecule has 0 bridgehead atoms. The third-order valence-electron chi connectivity index (χ3n) is 5.76.